The Morgan fingerprint density at radius 3 is 2.71 bits per heavy atom. The first-order valence-corrected chi connectivity index (χ1v) is 7.39. The number of fused-ring (bicyclic) bond motifs is 1. The number of alkyl halides is 3. The zero-order valence-electron chi connectivity index (χ0n) is 12.8. The minimum Gasteiger partial charge on any atom is -0.406 e. The van der Waals surface area contributed by atoms with Crippen LogP contribution < -0.4 is 20.9 Å². The van der Waals surface area contributed by atoms with Gasteiger partial charge in [0.15, 0.2) is 0 Å². The largest absolute Gasteiger partial charge is 0.573 e. The Morgan fingerprint density at radius 1 is 1.25 bits per heavy atom. The Hall–Kier alpha value is -2.61. The molecule has 5 nitrogen and oxygen atoms in total. The third kappa shape index (κ3) is 3.83. The zero-order valence-corrected chi connectivity index (χ0v) is 12.8. The van der Waals surface area contributed by atoms with Crippen molar-refractivity contribution < 1.29 is 17.9 Å². The Bertz CT molecular complexity index is 667. The predicted octanol–water partition coefficient (Wildman–Crippen LogP) is 3.05. The number of ether oxygens (including phenoxy) is 1. The van der Waals surface area contributed by atoms with E-state index >= 15 is 0 Å². The van der Waals surface area contributed by atoms with Crippen molar-refractivity contribution in [3.05, 3.63) is 60.6 Å². The van der Waals surface area contributed by atoms with Gasteiger partial charge >= 0.3 is 6.36 Å². The fourth-order valence-electron chi connectivity index (χ4n) is 2.51. The summed E-state index contributed by atoms with van der Waals surface area (Å²) < 4.78 is 40.2. The van der Waals surface area contributed by atoms with Crippen molar-refractivity contribution in [2.45, 2.75) is 25.5 Å². The highest BCUT2D eigenvalue weighted by atomic mass is 19.4. The molecule has 2 aliphatic heterocycles. The summed E-state index contributed by atoms with van der Waals surface area (Å²) >= 11 is 0. The molecule has 3 N–H and O–H groups in total. The summed E-state index contributed by atoms with van der Waals surface area (Å²) in [6.07, 6.45) is 5.31. The van der Waals surface area contributed by atoms with Gasteiger partial charge in [-0.05, 0) is 43.3 Å². The maximum absolute atomic E-state index is 12.1. The molecule has 0 amide bonds. The van der Waals surface area contributed by atoms with Gasteiger partial charge in [-0.2, -0.15) is 0 Å². The van der Waals surface area contributed by atoms with Crippen molar-refractivity contribution in [3.63, 3.8) is 0 Å². The molecule has 0 aliphatic carbocycles. The third-order valence-electron chi connectivity index (χ3n) is 3.62. The number of hydrogen-bond donors (Lipinski definition) is 3. The molecular formula is C16H17F3N4O. The molecule has 1 aromatic carbocycles. The minimum absolute atomic E-state index is 0.0203. The lowest BCUT2D eigenvalue weighted by atomic mass is 10.1. The number of halogens is 3. The number of hydrogen-bond acceptors (Lipinski definition) is 5. The molecule has 0 fully saturated rings. The average molecular weight is 338 g/mol. The van der Waals surface area contributed by atoms with E-state index in [-0.39, 0.29) is 18.0 Å². The summed E-state index contributed by atoms with van der Waals surface area (Å²) in [6, 6.07) is 5.52. The Morgan fingerprint density at radius 2 is 2.00 bits per heavy atom. The van der Waals surface area contributed by atoms with Gasteiger partial charge in [0.1, 0.15) is 11.9 Å². The van der Waals surface area contributed by atoms with Crippen molar-refractivity contribution in [1.82, 2.24) is 15.6 Å². The number of allylic oxidation sites excluding steroid dienone is 2. The standard InChI is InChI=1S/C16H17F3N4O/c1-11(14-3-2-4-15-20-9-10-23(14)15)21-22-12-5-7-13(8-6-12)24-16(17,18)19/h2-11,15,20-22H,1H3. The van der Waals surface area contributed by atoms with Crippen molar-refractivity contribution >= 4 is 5.69 Å². The van der Waals surface area contributed by atoms with Crippen LogP contribution in [0.25, 0.3) is 0 Å². The van der Waals surface area contributed by atoms with Crippen molar-refractivity contribution in [2.24, 2.45) is 0 Å². The molecule has 2 heterocycles. The van der Waals surface area contributed by atoms with Gasteiger partial charge in [0, 0.05) is 23.8 Å². The molecule has 1 aromatic rings. The van der Waals surface area contributed by atoms with Gasteiger partial charge < -0.3 is 20.4 Å². The summed E-state index contributed by atoms with van der Waals surface area (Å²) in [7, 11) is 0. The van der Waals surface area contributed by atoms with Gasteiger partial charge in [0.05, 0.1) is 6.04 Å². The van der Waals surface area contributed by atoms with Crippen LogP contribution in [-0.2, 0) is 0 Å². The van der Waals surface area contributed by atoms with E-state index in [9.17, 15) is 13.2 Å². The topological polar surface area (TPSA) is 48.6 Å². The number of benzene rings is 1. The Labute approximate surface area is 137 Å². The SMILES string of the molecule is CC(NNc1ccc(OC(F)(F)F)cc1)C1=CC=CC2NC=CN12. The monoisotopic (exact) mass is 338 g/mol. The van der Waals surface area contributed by atoms with Crippen LogP contribution in [0, 0.1) is 0 Å². The first-order valence-electron chi connectivity index (χ1n) is 7.39. The second kappa shape index (κ2) is 6.48. The normalized spacial score (nSPS) is 20.2. The molecule has 3 rings (SSSR count). The summed E-state index contributed by atoms with van der Waals surface area (Å²) in [4.78, 5) is 2.10. The van der Waals surface area contributed by atoms with E-state index in [4.69, 9.17) is 0 Å². The molecule has 2 atom stereocenters. The predicted molar refractivity (Wildman–Crippen MR) is 84.5 cm³/mol. The summed E-state index contributed by atoms with van der Waals surface area (Å²) in [5, 5.41) is 3.21. The molecule has 2 aliphatic rings. The first kappa shape index (κ1) is 16.3. The van der Waals surface area contributed by atoms with Gasteiger partial charge in [0.2, 0.25) is 0 Å². The fraction of sp³-hybridized carbons (Fsp3) is 0.250. The lowest BCUT2D eigenvalue weighted by Crippen LogP contribution is -2.43. The quantitative estimate of drug-likeness (QED) is 0.721. The Kier molecular flexibility index (Phi) is 4.39. The Balaban J connectivity index is 1.56. The van der Waals surface area contributed by atoms with Gasteiger partial charge in [0.25, 0.3) is 0 Å². The van der Waals surface area contributed by atoms with Gasteiger partial charge in [-0.15, -0.1) is 13.2 Å². The maximum atomic E-state index is 12.1. The van der Waals surface area contributed by atoms with E-state index in [1.165, 1.54) is 24.3 Å². The lowest BCUT2D eigenvalue weighted by molar-refractivity contribution is -0.274. The number of nitrogens with one attached hydrogen (secondary N) is 3. The second-order valence-corrected chi connectivity index (χ2v) is 5.37. The van der Waals surface area contributed by atoms with E-state index in [0.29, 0.717) is 5.69 Å². The molecule has 8 heteroatoms. The summed E-state index contributed by atoms with van der Waals surface area (Å²) in [6.45, 7) is 1.99. The zero-order chi connectivity index (χ0) is 17.2. The highest BCUT2D eigenvalue weighted by Crippen LogP contribution is 2.24. The molecule has 0 bridgehead atoms. The van der Waals surface area contributed by atoms with Crippen molar-refractivity contribution in [3.8, 4) is 5.75 Å². The molecule has 0 saturated carbocycles. The number of anilines is 1. The smallest absolute Gasteiger partial charge is 0.406 e. The molecule has 2 unspecified atom stereocenters. The van der Waals surface area contributed by atoms with Crippen LogP contribution >= 0.6 is 0 Å². The fourth-order valence-corrected chi connectivity index (χ4v) is 2.51. The van der Waals surface area contributed by atoms with Crippen LogP contribution in [0.3, 0.4) is 0 Å². The second-order valence-electron chi connectivity index (χ2n) is 5.37. The molecule has 0 spiro atoms. The molecule has 0 radical (unpaired) electrons. The van der Waals surface area contributed by atoms with Crippen molar-refractivity contribution in [2.75, 3.05) is 5.43 Å². The van der Waals surface area contributed by atoms with E-state index < -0.39 is 6.36 Å². The highest BCUT2D eigenvalue weighted by molar-refractivity contribution is 5.46. The minimum atomic E-state index is -4.68. The number of rotatable bonds is 5. The molecule has 0 aromatic heterocycles. The van der Waals surface area contributed by atoms with E-state index in [0.717, 1.165) is 5.70 Å². The van der Waals surface area contributed by atoms with E-state index in [1.54, 1.807) is 0 Å². The van der Waals surface area contributed by atoms with Crippen LogP contribution in [0.4, 0.5) is 18.9 Å². The summed E-state index contributed by atoms with van der Waals surface area (Å²) in [5.41, 5.74) is 7.82. The average Bonchev–Trinajstić information content (AvgIpc) is 3.01. The highest BCUT2D eigenvalue weighted by Gasteiger charge is 2.31. The van der Waals surface area contributed by atoms with Crippen molar-refractivity contribution in [1.29, 1.82) is 0 Å². The van der Waals surface area contributed by atoms with Crippen LogP contribution in [0.5, 0.6) is 5.75 Å². The summed E-state index contributed by atoms with van der Waals surface area (Å²) in [5.74, 6) is -0.252. The van der Waals surface area contributed by atoms with E-state index in [2.05, 4.69) is 25.8 Å². The number of nitrogens with zero attached hydrogens (tertiary/aromatic N) is 1. The lowest BCUT2D eigenvalue weighted by Gasteiger charge is -2.32. The van der Waals surface area contributed by atoms with Crippen LogP contribution in [0.1, 0.15) is 6.92 Å². The van der Waals surface area contributed by atoms with Crippen LogP contribution in [0.15, 0.2) is 60.6 Å². The molecular weight excluding hydrogens is 321 g/mol. The van der Waals surface area contributed by atoms with Gasteiger partial charge in [-0.1, -0.05) is 6.08 Å². The first-order chi connectivity index (χ1) is 11.4. The van der Waals surface area contributed by atoms with E-state index in [1.807, 2.05) is 37.6 Å². The van der Waals surface area contributed by atoms with Gasteiger partial charge in [-0.25, -0.2) is 5.43 Å². The molecule has 24 heavy (non-hydrogen) atoms. The number of hydrazine groups is 1. The van der Waals surface area contributed by atoms with Crippen LogP contribution in [0.2, 0.25) is 0 Å². The molecule has 128 valence electrons. The molecule has 0 saturated heterocycles. The van der Waals surface area contributed by atoms with Gasteiger partial charge in [-0.3, -0.25) is 0 Å². The van der Waals surface area contributed by atoms with Crippen LogP contribution in [-0.4, -0.2) is 23.5 Å². The third-order valence-corrected chi connectivity index (χ3v) is 3.62. The maximum Gasteiger partial charge on any atom is 0.573 e.